The molecule has 5 nitrogen and oxygen atoms in total. The number of rotatable bonds is 2. The normalized spacial score (nSPS) is 10.5. The molecule has 0 aliphatic carbocycles. The van der Waals surface area contributed by atoms with Gasteiger partial charge in [-0.1, -0.05) is 23.4 Å². The van der Waals surface area contributed by atoms with E-state index in [1.807, 2.05) is 6.26 Å². The first-order valence-corrected chi connectivity index (χ1v) is 5.68. The van der Waals surface area contributed by atoms with Crippen LogP contribution in [0.5, 0.6) is 0 Å². The molecule has 0 spiro atoms. The van der Waals surface area contributed by atoms with Crippen LogP contribution in [0.2, 0.25) is 5.02 Å². The van der Waals surface area contributed by atoms with Crippen molar-refractivity contribution in [3.8, 4) is 5.82 Å². The second-order valence-electron chi connectivity index (χ2n) is 2.74. The van der Waals surface area contributed by atoms with Crippen LogP contribution in [0.3, 0.4) is 0 Å². The molecule has 0 aromatic carbocycles. The summed E-state index contributed by atoms with van der Waals surface area (Å²) in [5.41, 5.74) is 5.64. The lowest BCUT2D eigenvalue weighted by Crippen LogP contribution is -2.03. The first-order chi connectivity index (χ1) is 7.19. The Bertz CT molecular complexity index is 484. The molecular formula is C8H8ClN5S. The highest BCUT2D eigenvalue weighted by Crippen LogP contribution is 2.15. The van der Waals surface area contributed by atoms with Crippen molar-refractivity contribution in [2.45, 2.75) is 5.16 Å². The summed E-state index contributed by atoms with van der Waals surface area (Å²) in [6.07, 6.45) is 5.08. The number of thioether (sulfide) groups is 1. The first kappa shape index (κ1) is 10.3. The highest BCUT2D eigenvalue weighted by atomic mass is 35.5. The van der Waals surface area contributed by atoms with E-state index >= 15 is 0 Å². The van der Waals surface area contributed by atoms with E-state index in [0.717, 1.165) is 0 Å². The van der Waals surface area contributed by atoms with Gasteiger partial charge in [0.05, 0.1) is 17.4 Å². The Morgan fingerprint density at radius 1 is 1.47 bits per heavy atom. The molecule has 2 N–H and O–H groups in total. The molecule has 2 heterocycles. The molecule has 0 bridgehead atoms. The molecule has 0 radical (unpaired) electrons. The van der Waals surface area contributed by atoms with Crippen LogP contribution in [-0.4, -0.2) is 26.0 Å². The Balaban J connectivity index is 2.48. The zero-order chi connectivity index (χ0) is 10.8. The average molecular weight is 242 g/mol. The third kappa shape index (κ3) is 2.21. The van der Waals surface area contributed by atoms with Crippen LogP contribution >= 0.6 is 23.4 Å². The van der Waals surface area contributed by atoms with Crippen LogP contribution in [0.25, 0.3) is 5.82 Å². The number of halogens is 1. The van der Waals surface area contributed by atoms with Crippen molar-refractivity contribution >= 4 is 29.2 Å². The number of nitrogens with zero attached hydrogens (tertiary/aromatic N) is 4. The number of nitrogens with two attached hydrogens (primary N) is 1. The number of anilines is 1. The third-order valence-electron chi connectivity index (χ3n) is 1.68. The van der Waals surface area contributed by atoms with Gasteiger partial charge in [0, 0.05) is 6.07 Å². The van der Waals surface area contributed by atoms with Crippen LogP contribution in [0.1, 0.15) is 0 Å². The fourth-order valence-electron chi connectivity index (χ4n) is 1.07. The fraction of sp³-hybridized carbons (Fsp3) is 0.125. The smallest absolute Gasteiger partial charge is 0.191 e. The molecule has 0 atom stereocenters. The molecule has 0 saturated heterocycles. The van der Waals surface area contributed by atoms with Crippen LogP contribution in [0, 0.1) is 0 Å². The maximum atomic E-state index is 5.76. The van der Waals surface area contributed by atoms with E-state index < -0.39 is 0 Å². The van der Waals surface area contributed by atoms with Crippen molar-refractivity contribution in [1.82, 2.24) is 19.7 Å². The molecule has 0 aliphatic rings. The van der Waals surface area contributed by atoms with Crippen molar-refractivity contribution in [3.63, 3.8) is 0 Å². The quantitative estimate of drug-likeness (QED) is 0.639. The molecule has 2 aromatic heterocycles. The fourth-order valence-corrected chi connectivity index (χ4v) is 1.58. The van der Waals surface area contributed by atoms with Crippen LogP contribution in [0.4, 0.5) is 5.82 Å². The predicted molar refractivity (Wildman–Crippen MR) is 60.4 cm³/mol. The van der Waals surface area contributed by atoms with Gasteiger partial charge in [-0.2, -0.15) is 5.10 Å². The summed E-state index contributed by atoms with van der Waals surface area (Å²) in [5.74, 6) is 1.02. The highest BCUT2D eigenvalue weighted by Gasteiger charge is 2.04. The Labute approximate surface area is 95.7 Å². The molecule has 0 unspecified atom stereocenters. The molecule has 15 heavy (non-hydrogen) atoms. The second-order valence-corrected chi connectivity index (χ2v) is 3.95. The zero-order valence-corrected chi connectivity index (χ0v) is 9.46. The van der Waals surface area contributed by atoms with E-state index in [9.17, 15) is 0 Å². The molecule has 0 fully saturated rings. The van der Waals surface area contributed by atoms with E-state index in [4.69, 9.17) is 17.3 Å². The van der Waals surface area contributed by atoms with Gasteiger partial charge in [0.1, 0.15) is 5.82 Å². The molecule has 0 amide bonds. The minimum absolute atomic E-state index is 0.413. The van der Waals surface area contributed by atoms with Gasteiger partial charge in [0.15, 0.2) is 11.0 Å². The lowest BCUT2D eigenvalue weighted by molar-refractivity contribution is 0.810. The van der Waals surface area contributed by atoms with Gasteiger partial charge in [-0.15, -0.1) is 0 Å². The van der Waals surface area contributed by atoms with Crippen LogP contribution in [-0.2, 0) is 0 Å². The van der Waals surface area contributed by atoms with E-state index in [-0.39, 0.29) is 0 Å². The Morgan fingerprint density at radius 2 is 2.27 bits per heavy atom. The Hall–Kier alpha value is -1.27. The highest BCUT2D eigenvalue weighted by molar-refractivity contribution is 7.98. The van der Waals surface area contributed by atoms with Gasteiger partial charge in [-0.05, 0) is 6.26 Å². The molecule has 0 saturated carbocycles. The van der Waals surface area contributed by atoms with E-state index in [0.29, 0.717) is 21.8 Å². The summed E-state index contributed by atoms with van der Waals surface area (Å²) in [7, 11) is 0. The topological polar surface area (TPSA) is 69.6 Å². The van der Waals surface area contributed by atoms with Gasteiger partial charge < -0.3 is 5.73 Å². The number of aromatic nitrogens is 4. The lowest BCUT2D eigenvalue weighted by Gasteiger charge is -2.03. The summed E-state index contributed by atoms with van der Waals surface area (Å²) in [6.45, 7) is 0. The van der Waals surface area contributed by atoms with Crippen molar-refractivity contribution < 1.29 is 0 Å². The Kier molecular flexibility index (Phi) is 2.79. The lowest BCUT2D eigenvalue weighted by atomic mass is 10.5. The SMILES string of the molecule is CSc1nc(N)cc(-n2cc(Cl)cn2)n1. The molecule has 78 valence electrons. The predicted octanol–water partition coefficient (Wildman–Crippen LogP) is 1.62. The molecule has 2 rings (SSSR count). The summed E-state index contributed by atoms with van der Waals surface area (Å²) >= 11 is 7.18. The maximum Gasteiger partial charge on any atom is 0.191 e. The maximum absolute atomic E-state index is 5.76. The number of hydrogen-bond donors (Lipinski definition) is 1. The van der Waals surface area contributed by atoms with E-state index in [1.165, 1.54) is 11.8 Å². The summed E-state index contributed by atoms with van der Waals surface area (Å²) < 4.78 is 1.56. The van der Waals surface area contributed by atoms with Gasteiger partial charge in [0.25, 0.3) is 0 Å². The van der Waals surface area contributed by atoms with Gasteiger partial charge >= 0.3 is 0 Å². The third-order valence-corrected chi connectivity index (χ3v) is 2.42. The van der Waals surface area contributed by atoms with Gasteiger partial charge in [-0.3, -0.25) is 0 Å². The van der Waals surface area contributed by atoms with Crippen molar-refractivity contribution in [2.24, 2.45) is 0 Å². The average Bonchev–Trinajstić information content (AvgIpc) is 2.64. The van der Waals surface area contributed by atoms with Crippen molar-refractivity contribution in [2.75, 3.05) is 12.0 Å². The Morgan fingerprint density at radius 3 is 2.87 bits per heavy atom. The monoisotopic (exact) mass is 241 g/mol. The molecular weight excluding hydrogens is 234 g/mol. The first-order valence-electron chi connectivity index (χ1n) is 4.08. The molecule has 2 aromatic rings. The standard InChI is InChI=1S/C8H8ClN5S/c1-15-8-12-6(10)2-7(13-8)14-4-5(9)3-11-14/h2-4H,1H3,(H2,10,12,13). The second kappa shape index (κ2) is 4.08. The molecule has 7 heteroatoms. The summed E-state index contributed by atoms with van der Waals surface area (Å²) in [6, 6.07) is 1.64. The van der Waals surface area contributed by atoms with E-state index in [1.54, 1.807) is 23.1 Å². The van der Waals surface area contributed by atoms with Gasteiger partial charge in [0.2, 0.25) is 0 Å². The minimum atomic E-state index is 0.413. The van der Waals surface area contributed by atoms with E-state index in [2.05, 4.69) is 15.1 Å². The summed E-state index contributed by atoms with van der Waals surface area (Å²) in [5, 5.41) is 5.19. The largest absolute Gasteiger partial charge is 0.383 e. The van der Waals surface area contributed by atoms with Crippen molar-refractivity contribution in [3.05, 3.63) is 23.5 Å². The minimum Gasteiger partial charge on any atom is -0.383 e. The zero-order valence-electron chi connectivity index (χ0n) is 7.88. The number of nitrogen functional groups attached to an aromatic ring is 1. The number of hydrogen-bond acceptors (Lipinski definition) is 5. The van der Waals surface area contributed by atoms with Crippen molar-refractivity contribution in [1.29, 1.82) is 0 Å². The molecule has 0 aliphatic heterocycles. The van der Waals surface area contributed by atoms with Crippen LogP contribution < -0.4 is 5.73 Å². The summed E-state index contributed by atoms with van der Waals surface area (Å²) in [4.78, 5) is 8.29. The van der Waals surface area contributed by atoms with Gasteiger partial charge in [-0.25, -0.2) is 14.6 Å². The van der Waals surface area contributed by atoms with Crippen LogP contribution in [0.15, 0.2) is 23.6 Å².